The van der Waals surface area contributed by atoms with Crippen molar-refractivity contribution in [2.24, 2.45) is 35.5 Å². The van der Waals surface area contributed by atoms with E-state index >= 15 is 0 Å². The summed E-state index contributed by atoms with van der Waals surface area (Å²) in [6.45, 7) is 32.4. The van der Waals surface area contributed by atoms with Gasteiger partial charge in [0.25, 0.3) is 0 Å². The summed E-state index contributed by atoms with van der Waals surface area (Å²) < 4.78 is 42.5. The molecule has 0 bridgehead atoms. The Balaban J connectivity index is 5.87. The molecule has 0 aliphatic heterocycles. The topological polar surface area (TPSA) is 55.4 Å². The predicted octanol–water partition coefficient (Wildman–Crippen LogP) is 19.7. The number of rotatable bonds is 53. The van der Waals surface area contributed by atoms with Gasteiger partial charge in [-0.05, 0) is 107 Å². The van der Waals surface area contributed by atoms with Gasteiger partial charge < -0.3 is 26.6 Å². The molecule has 6 nitrogen and oxygen atoms in total. The van der Waals surface area contributed by atoms with Crippen LogP contribution in [0, 0.1) is 35.5 Å². The molecule has 0 rings (SSSR count). The van der Waals surface area contributed by atoms with Crippen LogP contribution in [0.25, 0.3) is 0 Å². The van der Waals surface area contributed by atoms with Crippen molar-refractivity contribution in [1.29, 1.82) is 0 Å². The molecule has 0 fully saturated rings. The smallest absolute Gasteiger partial charge is 0.373 e. The molecule has 0 saturated heterocycles. The lowest BCUT2D eigenvalue weighted by Gasteiger charge is -2.34. The van der Waals surface area contributed by atoms with Crippen molar-refractivity contribution in [3.63, 3.8) is 0 Å². The zero-order chi connectivity index (χ0) is 49.0. The summed E-state index contributed by atoms with van der Waals surface area (Å²) in [6, 6.07) is 1.82. The normalized spacial score (nSPS) is 16.7. The molecule has 0 aromatic heterocycles. The summed E-state index contributed by atoms with van der Waals surface area (Å²) in [6.07, 6.45) is 31.4. The molecule has 0 aromatic rings. The molecule has 0 aliphatic rings. The molecule has 12 heteroatoms. The molecule has 0 amide bonds. The van der Waals surface area contributed by atoms with Gasteiger partial charge >= 0.3 is 17.6 Å². The summed E-state index contributed by atoms with van der Waals surface area (Å²) in [7, 11) is 2.06. The van der Waals surface area contributed by atoms with Gasteiger partial charge in [-0.3, -0.25) is 0 Å². The highest BCUT2D eigenvalue weighted by molar-refractivity contribution is 9.26. The van der Waals surface area contributed by atoms with Crippen LogP contribution < -0.4 is 0 Å². The number of hydrogen-bond acceptors (Lipinski definition) is 10. The van der Waals surface area contributed by atoms with Crippen LogP contribution in [0.3, 0.4) is 0 Å². The Bertz CT molecular complexity index is 832. The second kappa shape index (κ2) is 47.6. The zero-order valence-electron chi connectivity index (χ0n) is 46.0. The summed E-state index contributed by atoms with van der Waals surface area (Å²) in [5, 5.41) is 0. The molecular formula is C54H114O6S4Si2. The van der Waals surface area contributed by atoms with E-state index in [1.165, 1.54) is 116 Å². The van der Waals surface area contributed by atoms with Crippen molar-refractivity contribution in [1.82, 2.24) is 0 Å². The molecular weight excluding hydrogens is 929 g/mol. The molecule has 0 heterocycles. The Morgan fingerprint density at radius 3 is 0.652 bits per heavy atom. The van der Waals surface area contributed by atoms with Gasteiger partial charge in [-0.15, -0.1) is 0 Å². The minimum Gasteiger partial charge on any atom is -0.373 e. The predicted molar refractivity (Wildman–Crippen MR) is 306 cm³/mol. The van der Waals surface area contributed by atoms with Gasteiger partial charge in [0, 0.05) is 63.2 Å². The van der Waals surface area contributed by atoms with Crippen molar-refractivity contribution < 1.29 is 26.6 Å². The van der Waals surface area contributed by atoms with Crippen LogP contribution in [0.4, 0.5) is 0 Å². The highest BCUT2D eigenvalue weighted by Gasteiger charge is 2.44. The third-order valence-corrected chi connectivity index (χ3v) is 26.2. The SMILES string of the molecule is CCCCC(CC)CO[Si](CCCSSSSCCC[Si](OCC(CC)CCCC)(OCC(CC)CCCC)OCC(CC)CCCC)(OCC(CC)CCCC)OCC(CC)CCCC. The first-order valence-electron chi connectivity index (χ1n) is 28.6. The fraction of sp³-hybridized carbons (Fsp3) is 1.00. The van der Waals surface area contributed by atoms with Gasteiger partial charge in [0.1, 0.15) is 0 Å². The fourth-order valence-corrected chi connectivity index (χ4v) is 20.5. The highest BCUT2D eigenvalue weighted by atomic mass is 33.7. The van der Waals surface area contributed by atoms with Gasteiger partial charge in [0.15, 0.2) is 0 Å². The summed E-state index contributed by atoms with van der Waals surface area (Å²) in [5.74, 6) is 5.57. The second-order valence-electron chi connectivity index (χ2n) is 19.7. The third kappa shape index (κ3) is 34.9. The maximum atomic E-state index is 7.08. The van der Waals surface area contributed by atoms with Crippen LogP contribution in [-0.2, 0) is 26.6 Å². The van der Waals surface area contributed by atoms with E-state index in [2.05, 4.69) is 83.1 Å². The van der Waals surface area contributed by atoms with Gasteiger partial charge in [0.2, 0.25) is 0 Å². The van der Waals surface area contributed by atoms with E-state index in [9.17, 15) is 0 Å². The average molecular weight is 1040 g/mol. The standard InChI is InChI=1S/C54H114O6S4Si2/c1-13-25-33-49(19-7)43-55-65(56-44-50(20-8)34-26-14-2,57-45-51(21-9)35-27-15-3)41-31-39-61-63-64-62-40-32-42-66(58-46-52(22-10)36-28-16-4,59-47-53(23-11)37-29-17-5)60-48-54(24-12)38-30-18-6/h49-54H,13-48H2,1-12H3. The molecule has 0 saturated carbocycles. The van der Waals surface area contributed by atoms with Crippen LogP contribution >= 0.6 is 41.2 Å². The first kappa shape index (κ1) is 67.6. The summed E-state index contributed by atoms with van der Waals surface area (Å²) in [5.41, 5.74) is 0. The van der Waals surface area contributed by atoms with Crippen molar-refractivity contribution >= 4 is 58.8 Å². The molecule has 0 N–H and O–H groups in total. The largest absolute Gasteiger partial charge is 0.501 e. The van der Waals surface area contributed by atoms with E-state index in [4.69, 9.17) is 26.6 Å². The molecule has 0 radical (unpaired) electrons. The zero-order valence-corrected chi connectivity index (χ0v) is 51.3. The van der Waals surface area contributed by atoms with Gasteiger partial charge in [0.05, 0.1) is 0 Å². The van der Waals surface area contributed by atoms with Crippen LogP contribution in [0.1, 0.15) is 250 Å². The molecule has 6 unspecified atom stereocenters. The summed E-state index contributed by atoms with van der Waals surface area (Å²) in [4.78, 5) is 0. The Morgan fingerprint density at radius 1 is 0.288 bits per heavy atom. The van der Waals surface area contributed by atoms with Gasteiger partial charge in [-0.2, -0.15) is 0 Å². The van der Waals surface area contributed by atoms with E-state index in [1.807, 2.05) is 41.2 Å². The quantitative estimate of drug-likeness (QED) is 0.0334. The average Bonchev–Trinajstić information content (AvgIpc) is 3.34. The Hall–Kier alpha value is 1.59. The minimum absolute atomic E-state index is 0.571. The van der Waals surface area contributed by atoms with Gasteiger partial charge in [-0.1, -0.05) is 220 Å². The van der Waals surface area contributed by atoms with E-state index in [1.54, 1.807) is 0 Å². The number of hydrogen-bond donors (Lipinski definition) is 0. The minimum atomic E-state index is -2.89. The second-order valence-corrected chi connectivity index (χ2v) is 31.4. The molecule has 0 aliphatic carbocycles. The number of unbranched alkanes of at least 4 members (excludes halogenated alkanes) is 6. The van der Waals surface area contributed by atoms with Crippen molar-refractivity contribution in [3.8, 4) is 0 Å². The first-order valence-corrected chi connectivity index (χ1v) is 37.6. The Kier molecular flexibility index (Phi) is 48.7. The van der Waals surface area contributed by atoms with E-state index in [0.717, 1.165) is 115 Å². The van der Waals surface area contributed by atoms with Crippen LogP contribution in [0.2, 0.25) is 12.1 Å². The van der Waals surface area contributed by atoms with Crippen LogP contribution in [0.15, 0.2) is 0 Å². The van der Waals surface area contributed by atoms with Crippen LogP contribution in [-0.4, -0.2) is 68.8 Å². The van der Waals surface area contributed by atoms with Crippen molar-refractivity contribution in [3.05, 3.63) is 0 Å². The molecule has 66 heavy (non-hydrogen) atoms. The molecule has 0 aromatic carbocycles. The summed E-state index contributed by atoms with van der Waals surface area (Å²) >= 11 is 0. The molecule has 398 valence electrons. The monoisotopic (exact) mass is 1040 g/mol. The maximum absolute atomic E-state index is 7.08. The van der Waals surface area contributed by atoms with Crippen molar-refractivity contribution in [2.75, 3.05) is 51.1 Å². The van der Waals surface area contributed by atoms with Crippen LogP contribution in [0.5, 0.6) is 0 Å². The molecule has 0 spiro atoms. The molecule has 6 atom stereocenters. The maximum Gasteiger partial charge on any atom is 0.501 e. The van der Waals surface area contributed by atoms with E-state index in [-0.39, 0.29) is 0 Å². The first-order chi connectivity index (χ1) is 32.2. The van der Waals surface area contributed by atoms with Crippen molar-refractivity contribution in [2.45, 2.75) is 262 Å². The van der Waals surface area contributed by atoms with E-state index in [0.29, 0.717) is 35.5 Å². The van der Waals surface area contributed by atoms with E-state index < -0.39 is 17.6 Å². The lowest BCUT2D eigenvalue weighted by Crippen LogP contribution is -2.48. The Morgan fingerprint density at radius 2 is 0.485 bits per heavy atom. The van der Waals surface area contributed by atoms with Gasteiger partial charge in [-0.25, -0.2) is 0 Å². The highest BCUT2D eigenvalue weighted by Crippen LogP contribution is 2.44. The third-order valence-electron chi connectivity index (χ3n) is 14.0. The lowest BCUT2D eigenvalue weighted by molar-refractivity contribution is 0.0239. The Labute approximate surface area is 431 Å². The lowest BCUT2D eigenvalue weighted by atomic mass is 10.0. The fourth-order valence-electron chi connectivity index (χ4n) is 8.34.